The number of carbonyl (C=O) groups is 1. The zero-order chi connectivity index (χ0) is 21.3. The number of carbonyl (C=O) groups excluding carboxylic acids is 1. The molecule has 0 saturated carbocycles. The Balaban J connectivity index is 1.77. The predicted octanol–water partition coefficient (Wildman–Crippen LogP) is 4.11. The van der Waals surface area contributed by atoms with Crippen LogP contribution in [0.5, 0.6) is 11.5 Å². The number of nitrogens with one attached hydrogen (secondary N) is 1. The number of aliphatic hydroxyl groups is 1. The Morgan fingerprint density at radius 3 is 2.34 bits per heavy atom. The molecule has 0 saturated heterocycles. The lowest BCUT2D eigenvalue weighted by atomic mass is 10.0. The molecule has 1 amide bonds. The summed E-state index contributed by atoms with van der Waals surface area (Å²) in [6.45, 7) is 2.34. The van der Waals surface area contributed by atoms with E-state index in [0.717, 1.165) is 6.07 Å². The maximum atomic E-state index is 13.0. The SMILES string of the molecule is CCOc1ccccc1OCCCC(=O)NCC(O)c1ccccc1C(F)(F)F. The van der Waals surface area contributed by atoms with Crippen LogP contribution in [0.4, 0.5) is 13.2 Å². The third-order valence-corrected chi connectivity index (χ3v) is 4.07. The van der Waals surface area contributed by atoms with E-state index in [-0.39, 0.29) is 31.0 Å². The van der Waals surface area contributed by atoms with Crippen molar-refractivity contribution in [3.8, 4) is 11.5 Å². The van der Waals surface area contributed by atoms with Crippen molar-refractivity contribution in [2.75, 3.05) is 19.8 Å². The van der Waals surface area contributed by atoms with Crippen LogP contribution in [-0.2, 0) is 11.0 Å². The van der Waals surface area contributed by atoms with E-state index in [4.69, 9.17) is 9.47 Å². The molecule has 1 atom stereocenters. The van der Waals surface area contributed by atoms with Crippen LogP contribution in [0.25, 0.3) is 0 Å². The van der Waals surface area contributed by atoms with Gasteiger partial charge < -0.3 is 19.9 Å². The summed E-state index contributed by atoms with van der Waals surface area (Å²) in [4.78, 5) is 11.9. The fourth-order valence-electron chi connectivity index (χ4n) is 2.71. The monoisotopic (exact) mass is 411 g/mol. The normalized spacial score (nSPS) is 12.3. The number of hydrogen-bond donors (Lipinski definition) is 2. The van der Waals surface area contributed by atoms with Crippen molar-refractivity contribution < 1.29 is 32.5 Å². The van der Waals surface area contributed by atoms with Crippen LogP contribution >= 0.6 is 0 Å². The second-order valence-corrected chi connectivity index (χ2v) is 6.24. The molecule has 5 nitrogen and oxygen atoms in total. The molecule has 0 spiro atoms. The quantitative estimate of drug-likeness (QED) is 0.578. The Hall–Kier alpha value is -2.74. The molecular weight excluding hydrogens is 387 g/mol. The molecule has 0 aromatic heterocycles. The van der Waals surface area contributed by atoms with Crippen molar-refractivity contribution >= 4 is 5.91 Å². The molecule has 0 aliphatic heterocycles. The van der Waals surface area contributed by atoms with E-state index in [2.05, 4.69) is 5.32 Å². The highest BCUT2D eigenvalue weighted by Crippen LogP contribution is 2.34. The minimum Gasteiger partial charge on any atom is -0.490 e. The Morgan fingerprint density at radius 2 is 1.69 bits per heavy atom. The number of benzene rings is 2. The number of alkyl halides is 3. The average Bonchev–Trinajstić information content (AvgIpc) is 2.70. The largest absolute Gasteiger partial charge is 0.490 e. The van der Waals surface area contributed by atoms with Crippen molar-refractivity contribution in [2.24, 2.45) is 0 Å². The van der Waals surface area contributed by atoms with E-state index in [1.165, 1.54) is 18.2 Å². The first-order chi connectivity index (χ1) is 13.8. The van der Waals surface area contributed by atoms with Crippen molar-refractivity contribution in [2.45, 2.75) is 32.0 Å². The van der Waals surface area contributed by atoms with Crippen LogP contribution < -0.4 is 14.8 Å². The topological polar surface area (TPSA) is 67.8 Å². The molecule has 29 heavy (non-hydrogen) atoms. The Labute approximate surface area is 167 Å². The lowest BCUT2D eigenvalue weighted by Gasteiger charge is -2.18. The summed E-state index contributed by atoms with van der Waals surface area (Å²) >= 11 is 0. The highest BCUT2D eigenvalue weighted by molar-refractivity contribution is 5.75. The molecule has 2 aromatic rings. The van der Waals surface area contributed by atoms with Gasteiger partial charge >= 0.3 is 6.18 Å². The Bertz CT molecular complexity index is 795. The van der Waals surface area contributed by atoms with Gasteiger partial charge in [-0.25, -0.2) is 0 Å². The van der Waals surface area contributed by atoms with Crippen LogP contribution in [0.2, 0.25) is 0 Å². The third kappa shape index (κ3) is 6.98. The summed E-state index contributed by atoms with van der Waals surface area (Å²) in [6, 6.07) is 11.9. The third-order valence-electron chi connectivity index (χ3n) is 4.07. The van der Waals surface area contributed by atoms with Crippen molar-refractivity contribution in [3.05, 3.63) is 59.7 Å². The lowest BCUT2D eigenvalue weighted by molar-refractivity contribution is -0.139. The fourth-order valence-corrected chi connectivity index (χ4v) is 2.71. The number of rotatable bonds is 10. The van der Waals surface area contributed by atoms with E-state index < -0.39 is 17.8 Å². The van der Waals surface area contributed by atoms with Crippen LogP contribution in [-0.4, -0.2) is 30.8 Å². The first-order valence-corrected chi connectivity index (χ1v) is 9.28. The van der Waals surface area contributed by atoms with Gasteiger partial charge in [0.25, 0.3) is 0 Å². The molecule has 0 fully saturated rings. The zero-order valence-electron chi connectivity index (χ0n) is 16.0. The first kappa shape index (κ1) is 22.5. The van der Waals surface area contributed by atoms with Gasteiger partial charge in [0.05, 0.1) is 24.9 Å². The summed E-state index contributed by atoms with van der Waals surface area (Å²) in [5.74, 6) is 0.815. The molecular formula is C21H24F3NO4. The van der Waals surface area contributed by atoms with Crippen LogP contribution in [0.3, 0.4) is 0 Å². The standard InChI is InChI=1S/C21H24F3NO4/c1-2-28-18-10-5-6-11-19(18)29-13-7-12-20(27)25-14-17(26)15-8-3-4-9-16(15)21(22,23)24/h3-6,8-11,17,26H,2,7,12-14H2,1H3,(H,25,27). The first-order valence-electron chi connectivity index (χ1n) is 9.28. The lowest BCUT2D eigenvalue weighted by Crippen LogP contribution is -2.29. The number of halogens is 3. The Morgan fingerprint density at radius 1 is 1.07 bits per heavy atom. The van der Waals surface area contributed by atoms with Gasteiger partial charge in [-0.3, -0.25) is 4.79 Å². The van der Waals surface area contributed by atoms with Gasteiger partial charge in [0.2, 0.25) is 5.91 Å². The minimum absolute atomic E-state index is 0.116. The van der Waals surface area contributed by atoms with Gasteiger partial charge in [-0.1, -0.05) is 30.3 Å². The summed E-state index contributed by atoms with van der Waals surface area (Å²) < 4.78 is 50.1. The van der Waals surface area contributed by atoms with Gasteiger partial charge in [0.1, 0.15) is 0 Å². The molecule has 0 radical (unpaired) electrons. The number of hydrogen-bond acceptors (Lipinski definition) is 4. The van der Waals surface area contributed by atoms with Crippen LogP contribution in [0.15, 0.2) is 48.5 Å². The summed E-state index contributed by atoms with van der Waals surface area (Å²) in [5, 5.41) is 12.5. The number of amides is 1. The molecule has 0 aliphatic carbocycles. The maximum Gasteiger partial charge on any atom is 0.416 e. The number of aliphatic hydroxyl groups excluding tert-OH is 1. The second kappa shape index (κ2) is 10.7. The molecule has 0 aliphatic rings. The summed E-state index contributed by atoms with van der Waals surface area (Å²) in [6.07, 6.45) is -5.51. The van der Waals surface area contributed by atoms with Gasteiger partial charge in [0, 0.05) is 13.0 Å². The second-order valence-electron chi connectivity index (χ2n) is 6.24. The maximum absolute atomic E-state index is 13.0. The van der Waals surface area contributed by atoms with E-state index in [1.807, 2.05) is 19.1 Å². The molecule has 2 aromatic carbocycles. The van der Waals surface area contributed by atoms with E-state index in [1.54, 1.807) is 12.1 Å². The molecule has 1 unspecified atom stereocenters. The number of ether oxygens (including phenoxy) is 2. The fraction of sp³-hybridized carbons (Fsp3) is 0.381. The van der Waals surface area contributed by atoms with E-state index >= 15 is 0 Å². The number of para-hydroxylation sites is 2. The smallest absolute Gasteiger partial charge is 0.416 e. The molecule has 158 valence electrons. The van der Waals surface area contributed by atoms with Gasteiger partial charge in [-0.2, -0.15) is 13.2 Å². The highest BCUT2D eigenvalue weighted by atomic mass is 19.4. The molecule has 8 heteroatoms. The average molecular weight is 411 g/mol. The minimum atomic E-state index is -4.57. The summed E-state index contributed by atoms with van der Waals surface area (Å²) in [5.41, 5.74) is -1.18. The van der Waals surface area contributed by atoms with E-state index in [9.17, 15) is 23.1 Å². The molecule has 0 heterocycles. The molecule has 2 N–H and O–H groups in total. The predicted molar refractivity (Wildman–Crippen MR) is 102 cm³/mol. The van der Waals surface area contributed by atoms with Crippen LogP contribution in [0, 0.1) is 0 Å². The molecule has 0 bridgehead atoms. The summed E-state index contributed by atoms with van der Waals surface area (Å²) in [7, 11) is 0. The van der Waals surface area contributed by atoms with E-state index in [0.29, 0.717) is 24.5 Å². The van der Waals surface area contributed by atoms with Gasteiger partial charge in [-0.05, 0) is 37.1 Å². The van der Waals surface area contributed by atoms with Crippen molar-refractivity contribution in [1.82, 2.24) is 5.32 Å². The van der Waals surface area contributed by atoms with Gasteiger partial charge in [-0.15, -0.1) is 0 Å². The van der Waals surface area contributed by atoms with Crippen molar-refractivity contribution in [3.63, 3.8) is 0 Å². The Kier molecular flexibility index (Phi) is 8.33. The zero-order valence-corrected chi connectivity index (χ0v) is 16.0. The van der Waals surface area contributed by atoms with Crippen LogP contribution in [0.1, 0.15) is 37.0 Å². The van der Waals surface area contributed by atoms with Crippen molar-refractivity contribution in [1.29, 1.82) is 0 Å². The molecule has 2 rings (SSSR count). The highest BCUT2D eigenvalue weighted by Gasteiger charge is 2.34. The van der Waals surface area contributed by atoms with Gasteiger partial charge in [0.15, 0.2) is 11.5 Å².